The third kappa shape index (κ3) is 6.54. The third-order valence-corrected chi connectivity index (χ3v) is 4.44. The molecule has 24 heavy (non-hydrogen) atoms. The van der Waals surface area contributed by atoms with Crippen molar-refractivity contribution in [2.24, 2.45) is 18.0 Å². The van der Waals surface area contributed by atoms with Gasteiger partial charge in [0.05, 0.1) is 6.61 Å². The van der Waals surface area contributed by atoms with Gasteiger partial charge in [0.1, 0.15) is 12.4 Å². The number of ether oxygens (including phenoxy) is 1. The van der Waals surface area contributed by atoms with Gasteiger partial charge in [0.2, 0.25) is 0 Å². The summed E-state index contributed by atoms with van der Waals surface area (Å²) >= 11 is 0. The maximum absolute atomic E-state index is 5.11. The Morgan fingerprint density at radius 3 is 2.79 bits per heavy atom. The topological polar surface area (TPSA) is 76.4 Å². The molecular weight excluding hydrogens is 419 g/mol. The molecule has 0 bridgehead atoms. The van der Waals surface area contributed by atoms with Gasteiger partial charge in [-0.05, 0) is 25.7 Å². The quantitative estimate of drug-likeness (QED) is 0.300. The Morgan fingerprint density at radius 2 is 2.17 bits per heavy atom. The van der Waals surface area contributed by atoms with Crippen LogP contribution >= 0.6 is 24.0 Å². The lowest BCUT2D eigenvalue weighted by Crippen LogP contribution is -2.46. The van der Waals surface area contributed by atoms with Crippen molar-refractivity contribution in [3.05, 3.63) is 11.6 Å². The van der Waals surface area contributed by atoms with Crippen molar-refractivity contribution in [3.63, 3.8) is 0 Å². The van der Waals surface area contributed by atoms with E-state index in [1.165, 1.54) is 25.7 Å². The largest absolute Gasteiger partial charge is 0.383 e. The number of guanidine groups is 1. The summed E-state index contributed by atoms with van der Waals surface area (Å²) in [4.78, 5) is 4.67. The average Bonchev–Trinajstić information content (AvgIpc) is 2.84. The molecule has 0 spiro atoms. The van der Waals surface area contributed by atoms with Gasteiger partial charge in [-0.3, -0.25) is 0 Å². The highest BCUT2D eigenvalue weighted by atomic mass is 127. The fourth-order valence-corrected chi connectivity index (χ4v) is 2.92. The summed E-state index contributed by atoms with van der Waals surface area (Å²) in [5.74, 6) is 3.38. The Bertz CT molecular complexity index is 519. The molecule has 0 aliphatic heterocycles. The Morgan fingerprint density at radius 1 is 1.38 bits per heavy atom. The van der Waals surface area contributed by atoms with E-state index in [0.29, 0.717) is 19.2 Å². The molecule has 7 nitrogen and oxygen atoms in total. The molecule has 138 valence electrons. The number of aliphatic imine (C=N–C) groups is 1. The van der Waals surface area contributed by atoms with E-state index in [0.717, 1.165) is 30.1 Å². The maximum atomic E-state index is 5.11. The number of hydrogen-bond acceptors (Lipinski definition) is 4. The van der Waals surface area contributed by atoms with Crippen molar-refractivity contribution in [3.8, 4) is 0 Å². The molecule has 0 saturated heterocycles. The summed E-state index contributed by atoms with van der Waals surface area (Å²) in [7, 11) is 3.67. The number of nitrogens with one attached hydrogen (secondary N) is 2. The van der Waals surface area contributed by atoms with Crippen molar-refractivity contribution in [2.45, 2.75) is 52.1 Å². The van der Waals surface area contributed by atoms with E-state index in [1.807, 2.05) is 18.5 Å². The molecule has 1 saturated carbocycles. The predicted octanol–water partition coefficient (Wildman–Crippen LogP) is 2.00. The van der Waals surface area contributed by atoms with Crippen LogP contribution < -0.4 is 10.6 Å². The summed E-state index contributed by atoms with van der Waals surface area (Å²) < 4.78 is 7.08. The van der Waals surface area contributed by atoms with Gasteiger partial charge in [0, 0.05) is 26.7 Å². The van der Waals surface area contributed by atoms with Crippen molar-refractivity contribution in [2.75, 3.05) is 20.3 Å². The summed E-state index contributed by atoms with van der Waals surface area (Å²) in [6.45, 7) is 6.18. The second kappa shape index (κ2) is 10.9. The van der Waals surface area contributed by atoms with E-state index in [4.69, 9.17) is 4.74 Å². The van der Waals surface area contributed by atoms with E-state index in [2.05, 4.69) is 32.7 Å². The summed E-state index contributed by atoms with van der Waals surface area (Å²) in [5.41, 5.74) is 0. The van der Waals surface area contributed by atoms with Gasteiger partial charge in [-0.1, -0.05) is 19.8 Å². The first-order valence-electron chi connectivity index (χ1n) is 8.48. The van der Waals surface area contributed by atoms with Gasteiger partial charge < -0.3 is 19.9 Å². The SMILES string of the molecule is COCCNC(=NCc1nnc(C)n1C)NC1CCCC(C)C1.I. The van der Waals surface area contributed by atoms with Crippen LogP contribution in [0.1, 0.15) is 44.3 Å². The first kappa shape index (κ1) is 21.1. The van der Waals surface area contributed by atoms with Crippen LogP contribution in [0.5, 0.6) is 0 Å². The standard InChI is InChI=1S/C16H30N6O.HI/c1-12-6-5-7-14(10-12)19-16(17-8-9-23-4)18-11-15-21-20-13(2)22(15)3;/h12,14H,5-11H2,1-4H3,(H2,17,18,19);1H. The molecule has 1 heterocycles. The normalized spacial score (nSPS) is 21.2. The number of rotatable bonds is 6. The van der Waals surface area contributed by atoms with Crippen molar-refractivity contribution >= 4 is 29.9 Å². The van der Waals surface area contributed by atoms with Crippen LogP contribution in [0.2, 0.25) is 0 Å². The lowest BCUT2D eigenvalue weighted by atomic mass is 9.87. The summed E-state index contributed by atoms with van der Waals surface area (Å²) in [6, 6.07) is 0.494. The number of methoxy groups -OCH3 is 1. The molecule has 1 aliphatic carbocycles. The molecular formula is C16H31IN6O. The lowest BCUT2D eigenvalue weighted by molar-refractivity contribution is 0.203. The Balaban J connectivity index is 0.00000288. The van der Waals surface area contributed by atoms with Gasteiger partial charge in [-0.2, -0.15) is 0 Å². The highest BCUT2D eigenvalue weighted by Crippen LogP contribution is 2.23. The van der Waals surface area contributed by atoms with Crippen molar-refractivity contribution in [1.82, 2.24) is 25.4 Å². The molecule has 2 N–H and O–H groups in total. The Kier molecular flexibility index (Phi) is 9.57. The highest BCUT2D eigenvalue weighted by molar-refractivity contribution is 14.0. The summed E-state index contributed by atoms with van der Waals surface area (Å²) in [5, 5.41) is 15.1. The van der Waals surface area contributed by atoms with Crippen LogP contribution in [-0.2, 0) is 18.3 Å². The zero-order valence-electron chi connectivity index (χ0n) is 15.2. The fourth-order valence-electron chi connectivity index (χ4n) is 2.92. The first-order chi connectivity index (χ1) is 11.1. The molecule has 1 aromatic rings. The van der Waals surface area contributed by atoms with Crippen LogP contribution in [0.3, 0.4) is 0 Å². The van der Waals surface area contributed by atoms with Gasteiger partial charge in [0.15, 0.2) is 11.8 Å². The lowest BCUT2D eigenvalue weighted by Gasteiger charge is -2.29. The van der Waals surface area contributed by atoms with Crippen LogP contribution in [0.25, 0.3) is 0 Å². The Hall–Kier alpha value is -0.900. The highest BCUT2D eigenvalue weighted by Gasteiger charge is 2.19. The molecule has 1 aliphatic rings. The van der Waals surface area contributed by atoms with Gasteiger partial charge >= 0.3 is 0 Å². The molecule has 2 atom stereocenters. The minimum atomic E-state index is 0. The van der Waals surface area contributed by atoms with E-state index in [-0.39, 0.29) is 24.0 Å². The fraction of sp³-hybridized carbons (Fsp3) is 0.812. The van der Waals surface area contributed by atoms with Gasteiger partial charge in [0.25, 0.3) is 0 Å². The van der Waals surface area contributed by atoms with Crippen LogP contribution in [0.4, 0.5) is 0 Å². The summed E-state index contributed by atoms with van der Waals surface area (Å²) in [6.07, 6.45) is 5.03. The molecule has 0 aromatic carbocycles. The van der Waals surface area contributed by atoms with E-state index in [9.17, 15) is 0 Å². The third-order valence-electron chi connectivity index (χ3n) is 4.44. The molecule has 8 heteroatoms. The Labute approximate surface area is 162 Å². The molecule has 0 amide bonds. The second-order valence-electron chi connectivity index (χ2n) is 6.42. The molecule has 0 radical (unpaired) electrons. The molecule has 2 rings (SSSR count). The second-order valence-corrected chi connectivity index (χ2v) is 6.42. The number of halogens is 1. The van der Waals surface area contributed by atoms with Crippen LogP contribution in [-0.4, -0.2) is 47.0 Å². The number of nitrogens with zero attached hydrogens (tertiary/aromatic N) is 4. The first-order valence-corrected chi connectivity index (χ1v) is 8.48. The van der Waals surface area contributed by atoms with E-state index < -0.39 is 0 Å². The average molecular weight is 450 g/mol. The predicted molar refractivity (Wildman–Crippen MR) is 107 cm³/mol. The number of aromatic nitrogens is 3. The maximum Gasteiger partial charge on any atom is 0.192 e. The zero-order chi connectivity index (χ0) is 16.7. The number of aryl methyl sites for hydroxylation is 1. The van der Waals surface area contributed by atoms with Crippen molar-refractivity contribution < 1.29 is 4.74 Å². The molecule has 1 aromatic heterocycles. The van der Waals surface area contributed by atoms with E-state index >= 15 is 0 Å². The number of hydrogen-bond donors (Lipinski definition) is 2. The van der Waals surface area contributed by atoms with Crippen LogP contribution in [0.15, 0.2) is 4.99 Å². The minimum Gasteiger partial charge on any atom is -0.383 e. The molecule has 2 unspecified atom stereocenters. The van der Waals surface area contributed by atoms with Crippen molar-refractivity contribution in [1.29, 1.82) is 0 Å². The van der Waals surface area contributed by atoms with E-state index in [1.54, 1.807) is 7.11 Å². The smallest absolute Gasteiger partial charge is 0.192 e. The monoisotopic (exact) mass is 450 g/mol. The minimum absolute atomic E-state index is 0. The zero-order valence-corrected chi connectivity index (χ0v) is 17.5. The van der Waals surface area contributed by atoms with Gasteiger partial charge in [-0.25, -0.2) is 4.99 Å². The van der Waals surface area contributed by atoms with Gasteiger partial charge in [-0.15, -0.1) is 34.2 Å². The van der Waals surface area contributed by atoms with Crippen LogP contribution in [0, 0.1) is 12.8 Å². The molecule has 1 fully saturated rings.